The van der Waals surface area contributed by atoms with Crippen LogP contribution in [0, 0.1) is 0 Å². The first-order valence-corrected chi connectivity index (χ1v) is 7.97. The van der Waals surface area contributed by atoms with Gasteiger partial charge in [0.15, 0.2) is 11.5 Å². The van der Waals surface area contributed by atoms with Gasteiger partial charge in [-0.2, -0.15) is 0 Å². The molecule has 0 atom stereocenters. The van der Waals surface area contributed by atoms with Gasteiger partial charge in [-0.25, -0.2) is 4.98 Å². The lowest BCUT2D eigenvalue weighted by Gasteiger charge is -2.17. The van der Waals surface area contributed by atoms with Crippen molar-refractivity contribution in [2.24, 2.45) is 0 Å². The summed E-state index contributed by atoms with van der Waals surface area (Å²) in [4.78, 5) is 18.8. The summed E-state index contributed by atoms with van der Waals surface area (Å²) in [7, 11) is 5.23. The lowest BCUT2D eigenvalue weighted by Crippen LogP contribution is -2.21. The van der Waals surface area contributed by atoms with E-state index in [0.29, 0.717) is 30.2 Å². The summed E-state index contributed by atoms with van der Waals surface area (Å²) in [6.45, 7) is 1.28. The number of fused-ring (bicyclic) bond motifs is 1. The predicted molar refractivity (Wildman–Crippen MR) is 96.2 cm³/mol. The molecule has 0 fully saturated rings. The van der Waals surface area contributed by atoms with E-state index in [4.69, 9.17) is 9.47 Å². The molecule has 6 heteroatoms. The summed E-state index contributed by atoms with van der Waals surface area (Å²) in [5.41, 5.74) is 2.43. The maximum atomic E-state index is 12.2. The number of aromatic nitrogens is 2. The Morgan fingerprint density at radius 1 is 1.04 bits per heavy atom. The summed E-state index contributed by atoms with van der Waals surface area (Å²) in [5, 5.41) is 0. The minimum atomic E-state index is -0.0693. The second-order valence-electron chi connectivity index (χ2n) is 5.88. The molecule has 0 N–H and O–H groups in total. The Labute approximate surface area is 146 Å². The molecule has 2 heterocycles. The highest BCUT2D eigenvalue weighted by Gasteiger charge is 2.09. The third-order valence-electron chi connectivity index (χ3n) is 3.96. The maximum absolute atomic E-state index is 12.2. The van der Waals surface area contributed by atoms with Gasteiger partial charge in [0.1, 0.15) is 5.65 Å². The van der Waals surface area contributed by atoms with Gasteiger partial charge < -0.3 is 9.47 Å². The van der Waals surface area contributed by atoms with E-state index >= 15 is 0 Å². The quantitative estimate of drug-likeness (QED) is 0.690. The van der Waals surface area contributed by atoms with E-state index < -0.39 is 0 Å². The van der Waals surface area contributed by atoms with E-state index in [-0.39, 0.29) is 5.56 Å². The van der Waals surface area contributed by atoms with E-state index in [9.17, 15) is 4.79 Å². The fraction of sp³-hybridized carbons (Fsp3) is 0.263. The van der Waals surface area contributed by atoms with Gasteiger partial charge in [-0.3, -0.25) is 14.1 Å². The maximum Gasteiger partial charge on any atom is 0.258 e. The molecule has 0 amide bonds. The smallest absolute Gasteiger partial charge is 0.258 e. The van der Waals surface area contributed by atoms with Gasteiger partial charge in [-0.15, -0.1) is 0 Å². The van der Waals surface area contributed by atoms with Crippen molar-refractivity contribution in [3.63, 3.8) is 0 Å². The highest BCUT2D eigenvalue weighted by molar-refractivity contribution is 5.43. The van der Waals surface area contributed by atoms with E-state index in [0.717, 1.165) is 11.3 Å². The zero-order valence-corrected chi connectivity index (χ0v) is 14.6. The summed E-state index contributed by atoms with van der Waals surface area (Å²) in [5.74, 6) is 1.41. The fourth-order valence-corrected chi connectivity index (χ4v) is 2.81. The molecule has 3 rings (SSSR count). The molecule has 0 aliphatic rings. The van der Waals surface area contributed by atoms with Crippen LogP contribution >= 0.6 is 0 Å². The third-order valence-corrected chi connectivity index (χ3v) is 3.96. The van der Waals surface area contributed by atoms with Crippen LogP contribution in [0.2, 0.25) is 0 Å². The molecular weight excluding hydrogens is 318 g/mol. The second kappa shape index (κ2) is 7.36. The van der Waals surface area contributed by atoms with Crippen LogP contribution in [-0.2, 0) is 13.1 Å². The van der Waals surface area contributed by atoms with Crippen molar-refractivity contribution < 1.29 is 9.47 Å². The Bertz CT molecular complexity index is 937. The number of pyridine rings is 1. The number of ether oxygens (including phenoxy) is 2. The summed E-state index contributed by atoms with van der Waals surface area (Å²) in [6.07, 6.45) is 1.72. The molecule has 6 nitrogen and oxygen atoms in total. The van der Waals surface area contributed by atoms with Crippen LogP contribution in [0.15, 0.2) is 53.5 Å². The van der Waals surface area contributed by atoms with Crippen LogP contribution in [0.25, 0.3) is 5.65 Å². The van der Waals surface area contributed by atoms with Crippen molar-refractivity contribution in [1.82, 2.24) is 14.3 Å². The normalized spacial score (nSPS) is 11.0. The van der Waals surface area contributed by atoms with Gasteiger partial charge in [-0.05, 0) is 36.9 Å². The molecule has 0 spiro atoms. The molecule has 0 aliphatic heterocycles. The minimum absolute atomic E-state index is 0.0693. The van der Waals surface area contributed by atoms with E-state index in [1.165, 1.54) is 4.40 Å². The van der Waals surface area contributed by atoms with Crippen molar-refractivity contribution in [3.8, 4) is 11.5 Å². The molecule has 3 aromatic rings. The van der Waals surface area contributed by atoms with Crippen molar-refractivity contribution >= 4 is 5.65 Å². The Balaban J connectivity index is 1.76. The molecule has 0 saturated carbocycles. The van der Waals surface area contributed by atoms with Crippen LogP contribution in [0.5, 0.6) is 11.5 Å². The zero-order valence-electron chi connectivity index (χ0n) is 14.6. The number of rotatable bonds is 6. The van der Waals surface area contributed by atoms with E-state index in [2.05, 4.69) is 9.88 Å². The molecule has 25 heavy (non-hydrogen) atoms. The predicted octanol–water partition coefficient (Wildman–Crippen LogP) is 2.34. The van der Waals surface area contributed by atoms with E-state index in [1.807, 2.05) is 43.4 Å². The first kappa shape index (κ1) is 17.0. The Morgan fingerprint density at radius 2 is 1.84 bits per heavy atom. The lowest BCUT2D eigenvalue weighted by molar-refractivity contribution is 0.312. The topological polar surface area (TPSA) is 56.1 Å². The number of nitrogens with zero attached hydrogens (tertiary/aromatic N) is 3. The van der Waals surface area contributed by atoms with Crippen molar-refractivity contribution in [2.75, 3.05) is 21.3 Å². The Morgan fingerprint density at radius 3 is 2.60 bits per heavy atom. The molecular formula is C19H21N3O3. The molecule has 0 radical (unpaired) electrons. The molecule has 0 bridgehead atoms. The molecule has 130 valence electrons. The van der Waals surface area contributed by atoms with Gasteiger partial charge in [0.05, 0.1) is 19.9 Å². The molecule has 0 saturated heterocycles. The Kier molecular flexibility index (Phi) is 5.00. The monoisotopic (exact) mass is 339 g/mol. The van der Waals surface area contributed by atoms with Crippen molar-refractivity contribution in [3.05, 3.63) is 70.3 Å². The van der Waals surface area contributed by atoms with Crippen LogP contribution in [0.4, 0.5) is 0 Å². The average molecular weight is 339 g/mol. The minimum Gasteiger partial charge on any atom is -0.493 e. The highest BCUT2D eigenvalue weighted by Crippen LogP contribution is 2.28. The van der Waals surface area contributed by atoms with Gasteiger partial charge in [-0.1, -0.05) is 12.1 Å². The van der Waals surface area contributed by atoms with Crippen LogP contribution in [0.3, 0.4) is 0 Å². The Hall–Kier alpha value is -2.86. The first-order chi connectivity index (χ1) is 12.1. The summed E-state index contributed by atoms with van der Waals surface area (Å²) < 4.78 is 12.1. The van der Waals surface area contributed by atoms with Gasteiger partial charge in [0.25, 0.3) is 5.56 Å². The SMILES string of the molecule is COc1ccc(CN(C)Cc2cc(=O)n3ccccc3n2)cc1OC. The third kappa shape index (κ3) is 3.80. The number of benzene rings is 1. The van der Waals surface area contributed by atoms with Gasteiger partial charge >= 0.3 is 0 Å². The molecule has 0 aliphatic carbocycles. The number of hydrogen-bond donors (Lipinski definition) is 0. The fourth-order valence-electron chi connectivity index (χ4n) is 2.81. The lowest BCUT2D eigenvalue weighted by atomic mass is 10.2. The zero-order chi connectivity index (χ0) is 17.8. The molecule has 2 aromatic heterocycles. The molecule has 0 unspecified atom stereocenters. The van der Waals surface area contributed by atoms with Crippen LogP contribution in [-0.4, -0.2) is 35.6 Å². The highest BCUT2D eigenvalue weighted by atomic mass is 16.5. The van der Waals surface area contributed by atoms with E-state index in [1.54, 1.807) is 26.5 Å². The summed E-state index contributed by atoms with van der Waals surface area (Å²) >= 11 is 0. The first-order valence-electron chi connectivity index (χ1n) is 7.97. The largest absolute Gasteiger partial charge is 0.493 e. The van der Waals surface area contributed by atoms with Crippen molar-refractivity contribution in [1.29, 1.82) is 0 Å². The van der Waals surface area contributed by atoms with Crippen molar-refractivity contribution in [2.45, 2.75) is 13.1 Å². The van der Waals surface area contributed by atoms with Crippen LogP contribution in [0.1, 0.15) is 11.3 Å². The standard InChI is InChI=1S/C19H21N3O3/c1-21(12-14-7-8-16(24-2)17(10-14)25-3)13-15-11-19(23)22-9-5-4-6-18(22)20-15/h4-11H,12-13H2,1-3H3. The number of hydrogen-bond acceptors (Lipinski definition) is 5. The van der Waals surface area contributed by atoms with Gasteiger partial charge in [0, 0.05) is 25.4 Å². The van der Waals surface area contributed by atoms with Gasteiger partial charge in [0.2, 0.25) is 0 Å². The molecule has 1 aromatic carbocycles. The number of methoxy groups -OCH3 is 2. The van der Waals surface area contributed by atoms with Crippen LogP contribution < -0.4 is 15.0 Å². The second-order valence-corrected chi connectivity index (χ2v) is 5.88. The average Bonchev–Trinajstić information content (AvgIpc) is 2.61. The summed E-state index contributed by atoms with van der Waals surface area (Å²) in [6, 6.07) is 13.0.